The lowest BCUT2D eigenvalue weighted by Gasteiger charge is -2.35. The number of Topliss-reactive ketones (excluding diaryl/α,β-unsaturated/α-hetero) is 2. The van der Waals surface area contributed by atoms with Crippen molar-refractivity contribution in [3.8, 4) is 0 Å². The van der Waals surface area contributed by atoms with E-state index in [2.05, 4.69) is 127 Å². The van der Waals surface area contributed by atoms with Crippen LogP contribution in [0.4, 0.5) is 0 Å². The molecule has 3 aromatic carbocycles. The van der Waals surface area contributed by atoms with Crippen LogP contribution in [0.1, 0.15) is 125 Å². The Kier molecular flexibility index (Phi) is 25.8. The Morgan fingerprint density at radius 2 is 1.10 bits per heavy atom. The summed E-state index contributed by atoms with van der Waals surface area (Å²) in [5, 5.41) is 17.7. The first-order valence-electron chi connectivity index (χ1n) is 29.7. The first kappa shape index (κ1) is 70.2. The summed E-state index contributed by atoms with van der Waals surface area (Å²) in [5.74, 6) is -1.37. The molecule has 4 aliphatic rings. The second-order valence-corrected chi connectivity index (χ2v) is 27.7. The number of hydrogen-bond donors (Lipinski definition) is 4. The summed E-state index contributed by atoms with van der Waals surface area (Å²) in [5.41, 5.74) is 2.88. The monoisotopic (exact) mass is 1310 g/mol. The summed E-state index contributed by atoms with van der Waals surface area (Å²) in [6.45, 7) is 20.4. The van der Waals surface area contributed by atoms with Gasteiger partial charge in [0.15, 0.2) is 0 Å². The molecular formula is C67H78N8O10S5. The minimum Gasteiger partial charge on any atom is -0.456 e. The van der Waals surface area contributed by atoms with Gasteiger partial charge in [0, 0.05) is 41.5 Å². The number of aromatic nitrogens is 2. The lowest BCUT2D eigenvalue weighted by Crippen LogP contribution is -2.53. The summed E-state index contributed by atoms with van der Waals surface area (Å²) in [7, 11) is 0. The Bertz CT molecular complexity index is 3370. The molecule has 0 aliphatic carbocycles. The molecule has 0 radical (unpaired) electrons. The number of allylic oxidation sites excluding steroid dienone is 2. The van der Waals surface area contributed by atoms with Crippen LogP contribution in [0, 0.1) is 11.8 Å². The topological polar surface area (TPSA) is 254 Å². The lowest BCUT2D eigenvalue weighted by atomic mass is 9.84. The van der Waals surface area contributed by atoms with Crippen molar-refractivity contribution in [2.45, 2.75) is 140 Å². The Morgan fingerprint density at radius 3 is 1.51 bits per heavy atom. The van der Waals surface area contributed by atoms with Crippen LogP contribution < -0.4 is 21.3 Å². The number of rotatable bonds is 16. The van der Waals surface area contributed by atoms with Crippen molar-refractivity contribution in [1.82, 2.24) is 31.2 Å². The Labute approximate surface area is 547 Å². The number of hydrogen-bond acceptors (Lipinski definition) is 19. The van der Waals surface area contributed by atoms with Crippen molar-refractivity contribution in [3.63, 3.8) is 0 Å². The van der Waals surface area contributed by atoms with Gasteiger partial charge in [-0.2, -0.15) is 0 Å². The number of aliphatic imine (C=N–C) groups is 2. The van der Waals surface area contributed by atoms with Crippen LogP contribution >= 0.6 is 58.0 Å². The van der Waals surface area contributed by atoms with Crippen LogP contribution in [-0.2, 0) is 65.7 Å². The first-order chi connectivity index (χ1) is 43.1. The molecule has 2 unspecified atom stereocenters. The molecule has 0 saturated heterocycles. The molecule has 9 rings (SSSR count). The molecule has 4 aliphatic heterocycles. The molecule has 2 aromatic heterocycles. The first-order valence-corrected chi connectivity index (χ1v) is 34.5. The third-order valence-electron chi connectivity index (χ3n) is 14.8. The predicted molar refractivity (Wildman–Crippen MR) is 361 cm³/mol. The highest BCUT2D eigenvalue weighted by molar-refractivity contribution is 8.15. The number of nitrogens with zero attached hydrogens (tertiary/aromatic N) is 4. The third-order valence-corrected chi connectivity index (χ3v) is 20.6. The maximum Gasteiger partial charge on any atom is 0.329 e. The maximum absolute atomic E-state index is 13.2. The number of carbonyl (C=O) groups is 8. The number of ketones is 2. The molecular weight excluding hydrogens is 1240 g/mol. The van der Waals surface area contributed by atoms with E-state index in [1.54, 1.807) is 64.6 Å². The van der Waals surface area contributed by atoms with Crippen LogP contribution in [0.5, 0.6) is 0 Å². The molecule has 476 valence electrons. The standard InChI is InChI=1S/C25H24OS.C23H30N4O5S2.C19H24N4O4S2/c1-2-3-19-24(26)20-27-25(21-13-7-4-8-14-21,22-15-9-5-10-16-22)23-17-11-6-12-18-23;1-5-14(28)7-6-8-15-9-17(29)24-10-18-25-16(11-33-18)20-27-23(4,12-34-20)22(31)26-19(13(2)3)21(30)32-15;1-5-11-6-13(24)20-7-14-21-12(8-28-14)16-23-19(4,9-29-16)18(26)22-15(10(2)3)17(25)27-11/h2,4-18H,1,3,19-20H2;6,8,11,13,15,19H,5,7,9-10,12H2,1-4H3,(H,24,29)(H,26,31);5,8,10-11,15H,1,6-7,9H2,2-4H3,(H,20,24)(H,22,26)/b;8-6+;/t;15?,19-,23-;11?,15-,19-/m.00/s1. The highest BCUT2D eigenvalue weighted by Crippen LogP contribution is 2.48. The number of cyclic esters (lactones) is 2. The van der Waals surface area contributed by atoms with Gasteiger partial charge < -0.3 is 30.7 Å². The number of esters is 2. The summed E-state index contributed by atoms with van der Waals surface area (Å²) in [6, 6.07) is 29.6. The predicted octanol–water partition coefficient (Wildman–Crippen LogP) is 10.3. The third kappa shape index (κ3) is 18.9. The number of nitrogens with one attached hydrogen (secondary N) is 4. The number of thiazole rings is 2. The average Bonchev–Trinajstić information content (AvgIpc) is 1.19. The number of thioether (sulfide) groups is 3. The molecule has 0 spiro atoms. The number of fused-ring (bicyclic) bond motifs is 8. The second-order valence-electron chi connectivity index (χ2n) is 22.7. The molecule has 8 bridgehead atoms. The summed E-state index contributed by atoms with van der Waals surface area (Å²) < 4.78 is 10.7. The average molecular weight is 1320 g/mol. The summed E-state index contributed by atoms with van der Waals surface area (Å²) in [6.07, 6.45) is 6.42. The van der Waals surface area contributed by atoms with Crippen LogP contribution in [0.15, 0.2) is 149 Å². The molecule has 0 fully saturated rings. The van der Waals surface area contributed by atoms with Crippen molar-refractivity contribution in [3.05, 3.63) is 177 Å². The van der Waals surface area contributed by atoms with Crippen LogP contribution in [0.25, 0.3) is 0 Å². The zero-order valence-corrected chi connectivity index (χ0v) is 55.8. The minimum atomic E-state index is -1.04. The fourth-order valence-electron chi connectivity index (χ4n) is 9.47. The molecule has 23 heteroatoms. The number of benzene rings is 3. The fourth-order valence-corrected chi connectivity index (χ4v) is 14.8. The van der Waals surface area contributed by atoms with Gasteiger partial charge in [0.25, 0.3) is 0 Å². The summed E-state index contributed by atoms with van der Waals surface area (Å²) >= 11 is 7.40. The van der Waals surface area contributed by atoms with E-state index in [-0.39, 0.29) is 79.4 Å². The molecule has 0 saturated carbocycles. The Hall–Kier alpha value is -7.31. The van der Waals surface area contributed by atoms with Crippen LogP contribution in [-0.4, -0.2) is 120 Å². The van der Waals surface area contributed by atoms with Gasteiger partial charge in [-0.05, 0) is 54.9 Å². The smallest absolute Gasteiger partial charge is 0.329 e. The van der Waals surface area contributed by atoms with Crippen molar-refractivity contribution in [2.24, 2.45) is 21.8 Å². The van der Waals surface area contributed by atoms with Crippen molar-refractivity contribution in [1.29, 1.82) is 0 Å². The van der Waals surface area contributed by atoms with Crippen LogP contribution in [0.2, 0.25) is 0 Å². The van der Waals surface area contributed by atoms with Gasteiger partial charge in [0.05, 0.1) is 36.4 Å². The molecule has 6 heterocycles. The van der Waals surface area contributed by atoms with E-state index >= 15 is 0 Å². The molecule has 90 heavy (non-hydrogen) atoms. The van der Waals surface area contributed by atoms with E-state index in [1.165, 1.54) is 69.0 Å². The van der Waals surface area contributed by atoms with Crippen LogP contribution in [0.3, 0.4) is 0 Å². The molecule has 6 atom stereocenters. The number of carbonyl (C=O) groups excluding carboxylic acids is 8. The largest absolute Gasteiger partial charge is 0.456 e. The van der Waals surface area contributed by atoms with Crippen molar-refractivity contribution < 1.29 is 47.8 Å². The van der Waals surface area contributed by atoms with E-state index in [9.17, 15) is 38.4 Å². The Morgan fingerprint density at radius 1 is 0.667 bits per heavy atom. The van der Waals surface area contributed by atoms with Gasteiger partial charge >= 0.3 is 11.9 Å². The van der Waals surface area contributed by atoms with E-state index in [1.807, 2.05) is 42.8 Å². The van der Waals surface area contributed by atoms with Crippen molar-refractivity contribution >= 4 is 115 Å². The Balaban J connectivity index is 0.000000193. The quantitative estimate of drug-likeness (QED) is 0.0407. The SMILES string of the molecule is C=CC1CC(=O)NCc2nc(cs2)C2=N[C@@](C)(CS2)C(=O)N[C@@H](C(C)C)C(=O)O1.C=CCCC(=O)CSC(c1ccccc1)(c1ccccc1)c1ccccc1.CCC(=O)C/C=C/C1CC(=O)NCc2nc(cs2)C2=N[C@@](C)(CS2)C(=O)N[C@@H](C(C)C)C(=O)O1. The molecule has 4 amide bonds. The van der Waals surface area contributed by atoms with E-state index in [4.69, 9.17) is 9.47 Å². The summed E-state index contributed by atoms with van der Waals surface area (Å²) in [4.78, 5) is 119. The zero-order valence-electron chi connectivity index (χ0n) is 51.7. The minimum absolute atomic E-state index is 0.0368. The van der Waals surface area contributed by atoms with Gasteiger partial charge in [0.1, 0.15) is 78.4 Å². The van der Waals surface area contributed by atoms with Gasteiger partial charge in [-0.25, -0.2) is 19.6 Å². The normalized spacial score (nSPS) is 22.4. The van der Waals surface area contributed by atoms with E-state index in [0.29, 0.717) is 56.6 Å². The van der Waals surface area contributed by atoms with Gasteiger partial charge in [-0.1, -0.05) is 150 Å². The van der Waals surface area contributed by atoms with E-state index < -0.39 is 52.1 Å². The van der Waals surface area contributed by atoms with Gasteiger partial charge in [-0.3, -0.25) is 38.8 Å². The van der Waals surface area contributed by atoms with Gasteiger partial charge in [0.2, 0.25) is 23.6 Å². The molecule has 5 aromatic rings. The molecule has 4 N–H and O–H groups in total. The molecule has 18 nitrogen and oxygen atoms in total. The zero-order chi connectivity index (χ0) is 65.0. The lowest BCUT2D eigenvalue weighted by molar-refractivity contribution is -0.154. The van der Waals surface area contributed by atoms with E-state index in [0.717, 1.165) is 11.4 Å². The number of ether oxygens (including phenoxy) is 2. The fraction of sp³-hybridized carbons (Fsp3) is 0.403. The highest BCUT2D eigenvalue weighted by atomic mass is 32.2. The van der Waals surface area contributed by atoms with Gasteiger partial charge in [-0.15, -0.1) is 64.5 Å². The number of amides is 4. The van der Waals surface area contributed by atoms with Crippen molar-refractivity contribution in [2.75, 3.05) is 17.3 Å². The highest BCUT2D eigenvalue weighted by Gasteiger charge is 2.44. The second kappa shape index (κ2) is 33.1. The maximum atomic E-state index is 13.2.